The molecule has 0 spiro atoms. The highest BCUT2D eigenvalue weighted by Crippen LogP contribution is 2.26. The third-order valence-corrected chi connectivity index (χ3v) is 5.63. The predicted molar refractivity (Wildman–Crippen MR) is 103 cm³/mol. The lowest BCUT2D eigenvalue weighted by atomic mass is 10.2. The minimum absolute atomic E-state index is 0.393. The quantitative estimate of drug-likeness (QED) is 0.530. The van der Waals surface area contributed by atoms with Gasteiger partial charge >= 0.3 is 0 Å². The van der Waals surface area contributed by atoms with E-state index in [1.165, 1.54) is 0 Å². The van der Waals surface area contributed by atoms with Gasteiger partial charge in [-0.1, -0.05) is 41.4 Å². The van der Waals surface area contributed by atoms with Crippen LogP contribution in [0.4, 0.5) is 0 Å². The molecule has 2 aromatic heterocycles. The van der Waals surface area contributed by atoms with Crippen LogP contribution >= 0.6 is 34.5 Å². The van der Waals surface area contributed by atoms with Crippen molar-refractivity contribution in [2.75, 3.05) is 0 Å². The van der Waals surface area contributed by atoms with Gasteiger partial charge in [-0.25, -0.2) is 4.98 Å². The highest BCUT2D eigenvalue weighted by Gasteiger charge is 2.13. The molecule has 0 unspecified atom stereocenters. The maximum Gasteiger partial charge on any atom is 0.203 e. The number of benzene rings is 2. The highest BCUT2D eigenvalue weighted by atomic mass is 35.5. The first-order valence-electron chi connectivity index (χ1n) is 7.63. The van der Waals surface area contributed by atoms with E-state index in [1.54, 1.807) is 15.9 Å². The molecule has 0 radical (unpaired) electrons. The van der Waals surface area contributed by atoms with Crippen molar-refractivity contribution in [1.82, 2.24) is 14.1 Å². The van der Waals surface area contributed by atoms with Crippen LogP contribution in [0.1, 0.15) is 5.69 Å². The first-order valence-corrected chi connectivity index (χ1v) is 9.27. The number of aryl methyl sites for hydroxylation is 1. The highest BCUT2D eigenvalue weighted by molar-refractivity contribution is 7.13. The molecule has 0 aliphatic carbocycles. The molecule has 0 aliphatic rings. The van der Waals surface area contributed by atoms with Crippen molar-refractivity contribution in [3.63, 3.8) is 0 Å². The Morgan fingerprint density at radius 3 is 2.64 bits per heavy atom. The predicted octanol–water partition coefficient (Wildman–Crippen LogP) is 4.94. The zero-order chi connectivity index (χ0) is 17.6. The lowest BCUT2D eigenvalue weighted by molar-refractivity contribution is 0.687. The zero-order valence-corrected chi connectivity index (χ0v) is 15.7. The van der Waals surface area contributed by atoms with Crippen LogP contribution in [0.2, 0.25) is 10.0 Å². The first-order chi connectivity index (χ1) is 12.0. The maximum atomic E-state index is 8.39. The number of halogens is 2. The van der Waals surface area contributed by atoms with Crippen LogP contribution in [0.3, 0.4) is 0 Å². The van der Waals surface area contributed by atoms with Crippen LogP contribution < -0.4 is 5.62 Å². The van der Waals surface area contributed by atoms with Crippen LogP contribution in [0.15, 0.2) is 47.8 Å². The van der Waals surface area contributed by atoms with Crippen LogP contribution in [0, 0.1) is 5.41 Å². The molecule has 4 nitrogen and oxygen atoms in total. The molecule has 0 aliphatic heterocycles. The number of rotatable bonds is 3. The third kappa shape index (κ3) is 2.88. The van der Waals surface area contributed by atoms with Crippen LogP contribution in [-0.2, 0) is 13.6 Å². The molecule has 25 heavy (non-hydrogen) atoms. The third-order valence-electron chi connectivity index (χ3n) is 4.13. The number of hydrogen-bond donors (Lipinski definition) is 1. The Labute approximate surface area is 158 Å². The second-order valence-corrected chi connectivity index (χ2v) is 7.43. The molecule has 0 fully saturated rings. The van der Waals surface area contributed by atoms with Crippen molar-refractivity contribution >= 4 is 45.6 Å². The summed E-state index contributed by atoms with van der Waals surface area (Å²) in [5.41, 5.74) is 4.14. The van der Waals surface area contributed by atoms with Gasteiger partial charge in [0.25, 0.3) is 0 Å². The molecule has 4 rings (SSSR count). The maximum absolute atomic E-state index is 8.39. The van der Waals surface area contributed by atoms with Crippen molar-refractivity contribution < 1.29 is 0 Å². The van der Waals surface area contributed by atoms with Gasteiger partial charge in [-0.15, -0.1) is 11.3 Å². The molecule has 7 heteroatoms. The summed E-state index contributed by atoms with van der Waals surface area (Å²) >= 11 is 13.8. The average Bonchev–Trinajstić information content (AvgIpc) is 3.16. The van der Waals surface area contributed by atoms with E-state index in [-0.39, 0.29) is 0 Å². The summed E-state index contributed by atoms with van der Waals surface area (Å²) in [4.78, 5) is 4.71. The van der Waals surface area contributed by atoms with Gasteiger partial charge in [0, 0.05) is 23.0 Å². The Morgan fingerprint density at radius 2 is 1.88 bits per heavy atom. The fraction of sp³-hybridized carbons (Fsp3) is 0.111. The van der Waals surface area contributed by atoms with Gasteiger partial charge in [-0.3, -0.25) is 5.41 Å². The van der Waals surface area contributed by atoms with E-state index in [2.05, 4.69) is 0 Å². The van der Waals surface area contributed by atoms with Crippen molar-refractivity contribution in [3.05, 3.63) is 69.2 Å². The van der Waals surface area contributed by atoms with E-state index < -0.39 is 0 Å². The van der Waals surface area contributed by atoms with Gasteiger partial charge < -0.3 is 9.13 Å². The van der Waals surface area contributed by atoms with E-state index >= 15 is 0 Å². The average molecular weight is 389 g/mol. The number of fused-ring (bicyclic) bond motifs is 1. The Bertz CT molecular complexity index is 1120. The SMILES string of the molecule is Cn1c(=N)n(Cc2csc(-c3ccc(Cl)cc3)n2)c2cccc(Cl)c21. The minimum atomic E-state index is 0.393. The van der Waals surface area contributed by atoms with Gasteiger partial charge in [0.15, 0.2) is 0 Å². The Hall–Kier alpha value is -2.08. The normalized spacial score (nSPS) is 11.3. The minimum Gasteiger partial charge on any atom is -0.312 e. The van der Waals surface area contributed by atoms with E-state index in [1.807, 2.05) is 59.5 Å². The van der Waals surface area contributed by atoms with Gasteiger partial charge in [0.2, 0.25) is 5.62 Å². The lowest BCUT2D eigenvalue weighted by Gasteiger charge is -2.02. The Balaban J connectivity index is 1.73. The van der Waals surface area contributed by atoms with Crippen molar-refractivity contribution in [3.8, 4) is 10.6 Å². The smallest absolute Gasteiger partial charge is 0.203 e. The van der Waals surface area contributed by atoms with E-state index in [4.69, 9.17) is 33.6 Å². The van der Waals surface area contributed by atoms with Gasteiger partial charge in [-0.05, 0) is 24.3 Å². The number of imidazole rings is 1. The van der Waals surface area contributed by atoms with Crippen molar-refractivity contribution in [2.24, 2.45) is 7.05 Å². The second kappa shape index (κ2) is 6.33. The second-order valence-electron chi connectivity index (χ2n) is 5.73. The molecule has 4 aromatic rings. The molecular formula is C18H14Cl2N4S. The summed E-state index contributed by atoms with van der Waals surface area (Å²) in [6.07, 6.45) is 0. The molecule has 0 atom stereocenters. The Kier molecular flexibility index (Phi) is 4.15. The fourth-order valence-corrected chi connectivity index (χ4v) is 4.12. The van der Waals surface area contributed by atoms with Crippen molar-refractivity contribution in [2.45, 2.75) is 6.54 Å². The number of nitrogens with zero attached hydrogens (tertiary/aromatic N) is 3. The van der Waals surface area contributed by atoms with Crippen LogP contribution in [0.25, 0.3) is 21.6 Å². The monoisotopic (exact) mass is 388 g/mol. The van der Waals surface area contributed by atoms with E-state index in [9.17, 15) is 0 Å². The number of thiazole rings is 1. The molecule has 0 amide bonds. The van der Waals surface area contributed by atoms with Crippen LogP contribution in [0.5, 0.6) is 0 Å². The summed E-state index contributed by atoms with van der Waals surface area (Å²) in [7, 11) is 1.85. The standard InChI is InChI=1S/C18H14Cl2N4S/c1-23-16-14(20)3-2-4-15(16)24(18(23)21)9-13-10-25-17(22-13)11-5-7-12(19)8-6-11/h2-8,10,21H,9H2,1H3. The van der Waals surface area contributed by atoms with Crippen LogP contribution in [-0.4, -0.2) is 14.1 Å². The molecule has 2 aromatic carbocycles. The van der Waals surface area contributed by atoms with Gasteiger partial charge in [0.1, 0.15) is 5.01 Å². The first kappa shape index (κ1) is 16.4. The molecule has 0 bridgehead atoms. The number of hydrogen-bond acceptors (Lipinski definition) is 3. The number of aromatic nitrogens is 3. The molecule has 0 saturated heterocycles. The summed E-state index contributed by atoms with van der Waals surface area (Å²) in [5, 5.41) is 12.7. The van der Waals surface area contributed by atoms with Gasteiger partial charge in [0.05, 0.1) is 28.3 Å². The lowest BCUT2D eigenvalue weighted by Crippen LogP contribution is -2.23. The number of para-hydroxylation sites is 1. The van der Waals surface area contributed by atoms with E-state index in [0.717, 1.165) is 27.3 Å². The van der Waals surface area contributed by atoms with Crippen molar-refractivity contribution in [1.29, 1.82) is 5.41 Å². The molecule has 1 N–H and O–H groups in total. The Morgan fingerprint density at radius 1 is 1.12 bits per heavy atom. The molecule has 126 valence electrons. The number of nitrogens with one attached hydrogen (secondary N) is 1. The molecular weight excluding hydrogens is 375 g/mol. The zero-order valence-electron chi connectivity index (χ0n) is 13.3. The summed E-state index contributed by atoms with van der Waals surface area (Å²) in [5.74, 6) is 0. The van der Waals surface area contributed by atoms with E-state index in [0.29, 0.717) is 22.2 Å². The molecule has 2 heterocycles. The largest absolute Gasteiger partial charge is 0.312 e. The topological polar surface area (TPSA) is 46.6 Å². The summed E-state index contributed by atoms with van der Waals surface area (Å²) in [6, 6.07) is 13.4. The van der Waals surface area contributed by atoms with Gasteiger partial charge in [-0.2, -0.15) is 0 Å². The fourth-order valence-electron chi connectivity index (χ4n) is 2.88. The summed E-state index contributed by atoms with van der Waals surface area (Å²) in [6.45, 7) is 0.528. The molecule has 0 saturated carbocycles. The summed E-state index contributed by atoms with van der Waals surface area (Å²) < 4.78 is 3.71.